The van der Waals surface area contributed by atoms with Crippen molar-refractivity contribution in [2.24, 2.45) is 0 Å². The lowest BCUT2D eigenvalue weighted by Crippen LogP contribution is -2.24. The summed E-state index contributed by atoms with van der Waals surface area (Å²) in [7, 11) is 0. The van der Waals surface area contributed by atoms with Gasteiger partial charge < -0.3 is 19.3 Å². The number of carbonyl (C=O) groups is 2. The highest BCUT2D eigenvalue weighted by Crippen LogP contribution is 2.42. The molecule has 0 bridgehead atoms. The maximum Gasteiger partial charge on any atom is 0.308 e. The Bertz CT molecular complexity index is 813. The summed E-state index contributed by atoms with van der Waals surface area (Å²) >= 11 is 0. The lowest BCUT2D eigenvalue weighted by atomic mass is 9.87. The molecule has 2 unspecified atom stereocenters. The molecule has 3 rings (SSSR count). The van der Waals surface area contributed by atoms with Crippen LogP contribution in [0, 0.1) is 0 Å². The Labute approximate surface area is 144 Å². The maximum absolute atomic E-state index is 11.1. The summed E-state index contributed by atoms with van der Waals surface area (Å²) in [6.45, 7) is 2.91. The van der Waals surface area contributed by atoms with E-state index in [0.29, 0.717) is 22.8 Å². The smallest absolute Gasteiger partial charge is 0.308 e. The topological polar surface area (TPSA) is 82.1 Å². The van der Waals surface area contributed by atoms with Gasteiger partial charge in [0.1, 0.15) is 17.2 Å². The van der Waals surface area contributed by atoms with E-state index < -0.39 is 18.0 Å². The summed E-state index contributed by atoms with van der Waals surface area (Å²) < 4.78 is 15.9. The Kier molecular flexibility index (Phi) is 4.72. The van der Waals surface area contributed by atoms with Crippen LogP contribution in [0.15, 0.2) is 42.5 Å². The average molecular weight is 342 g/mol. The van der Waals surface area contributed by atoms with Gasteiger partial charge in [0.25, 0.3) is 0 Å². The quantitative estimate of drug-likeness (QED) is 0.682. The molecule has 0 fully saturated rings. The third kappa shape index (κ3) is 3.80. The molecule has 6 heteroatoms. The number of aliphatic hydroxyl groups is 1. The summed E-state index contributed by atoms with van der Waals surface area (Å²) in [6, 6.07) is 11.9. The third-order valence-corrected chi connectivity index (χ3v) is 3.91. The predicted molar refractivity (Wildman–Crippen MR) is 88.7 cm³/mol. The molecule has 0 aliphatic carbocycles. The van der Waals surface area contributed by atoms with Crippen LogP contribution in [-0.2, 0) is 9.59 Å². The Morgan fingerprint density at radius 3 is 2.40 bits per heavy atom. The lowest BCUT2D eigenvalue weighted by Gasteiger charge is -2.31. The molecule has 2 aromatic carbocycles. The van der Waals surface area contributed by atoms with Crippen molar-refractivity contribution in [3.8, 4) is 17.2 Å². The zero-order chi connectivity index (χ0) is 18.0. The number of benzene rings is 2. The van der Waals surface area contributed by atoms with Crippen LogP contribution in [0.4, 0.5) is 0 Å². The van der Waals surface area contributed by atoms with Gasteiger partial charge in [-0.05, 0) is 29.8 Å². The molecule has 0 saturated carbocycles. The molecule has 2 aromatic rings. The third-order valence-electron chi connectivity index (χ3n) is 3.91. The second-order valence-corrected chi connectivity index (χ2v) is 5.82. The Morgan fingerprint density at radius 1 is 1.04 bits per heavy atom. The second kappa shape index (κ2) is 6.94. The molecule has 0 aromatic heterocycles. The molecule has 1 N–H and O–H groups in total. The standard InChI is InChI=1S/C19H18O6/c1-11(20)24-14-5-3-4-13(8-14)17-10-23-18-9-15(25-12(2)21)6-7-16(18)19(17)22/h3-9,17,19,22H,10H2,1-2H3. The van der Waals surface area contributed by atoms with Gasteiger partial charge >= 0.3 is 11.9 Å². The number of aliphatic hydroxyl groups excluding tert-OH is 1. The first-order chi connectivity index (χ1) is 11.9. The zero-order valence-electron chi connectivity index (χ0n) is 13.9. The van der Waals surface area contributed by atoms with Crippen LogP contribution < -0.4 is 14.2 Å². The SMILES string of the molecule is CC(=O)Oc1cccc(C2COc3cc(OC(C)=O)ccc3C2O)c1. The molecule has 1 heterocycles. The van der Waals surface area contributed by atoms with Crippen LogP contribution in [0.25, 0.3) is 0 Å². The van der Waals surface area contributed by atoms with E-state index in [2.05, 4.69) is 0 Å². The van der Waals surface area contributed by atoms with E-state index in [1.807, 2.05) is 6.07 Å². The highest BCUT2D eigenvalue weighted by Gasteiger charge is 2.31. The van der Waals surface area contributed by atoms with Crippen LogP contribution >= 0.6 is 0 Å². The van der Waals surface area contributed by atoms with Crippen LogP contribution in [0.3, 0.4) is 0 Å². The predicted octanol–water partition coefficient (Wildman–Crippen LogP) is 2.75. The summed E-state index contributed by atoms with van der Waals surface area (Å²) in [5, 5.41) is 10.7. The molecule has 0 radical (unpaired) electrons. The first-order valence-electron chi connectivity index (χ1n) is 7.85. The van der Waals surface area contributed by atoms with Crippen LogP contribution in [0.5, 0.6) is 17.2 Å². The van der Waals surface area contributed by atoms with Gasteiger partial charge in [-0.3, -0.25) is 9.59 Å². The van der Waals surface area contributed by atoms with Gasteiger partial charge in [-0.15, -0.1) is 0 Å². The minimum atomic E-state index is -0.789. The summed E-state index contributed by atoms with van der Waals surface area (Å²) in [5.41, 5.74) is 1.42. The monoisotopic (exact) mass is 342 g/mol. The zero-order valence-corrected chi connectivity index (χ0v) is 13.9. The first kappa shape index (κ1) is 17.0. The minimum absolute atomic E-state index is 0.251. The molecule has 1 aliphatic heterocycles. The van der Waals surface area contributed by atoms with E-state index >= 15 is 0 Å². The normalized spacial score (nSPS) is 18.7. The Balaban J connectivity index is 1.85. The summed E-state index contributed by atoms with van der Waals surface area (Å²) in [6.07, 6.45) is -0.789. The number of hydrogen-bond donors (Lipinski definition) is 1. The van der Waals surface area contributed by atoms with Crippen LogP contribution in [0.1, 0.15) is 37.0 Å². The average Bonchev–Trinajstić information content (AvgIpc) is 2.54. The van der Waals surface area contributed by atoms with Gasteiger partial charge in [0.15, 0.2) is 0 Å². The van der Waals surface area contributed by atoms with Gasteiger partial charge in [-0.2, -0.15) is 0 Å². The van der Waals surface area contributed by atoms with Crippen molar-refractivity contribution in [1.82, 2.24) is 0 Å². The van der Waals surface area contributed by atoms with Crippen molar-refractivity contribution in [2.45, 2.75) is 25.9 Å². The number of ether oxygens (including phenoxy) is 3. The molecule has 25 heavy (non-hydrogen) atoms. The minimum Gasteiger partial charge on any atom is -0.492 e. The Hall–Kier alpha value is -2.86. The van der Waals surface area contributed by atoms with Gasteiger partial charge in [-0.25, -0.2) is 0 Å². The molecular formula is C19H18O6. The number of carbonyl (C=O) groups excluding carboxylic acids is 2. The number of hydrogen-bond acceptors (Lipinski definition) is 6. The van der Waals surface area contributed by atoms with Crippen molar-refractivity contribution in [3.63, 3.8) is 0 Å². The largest absolute Gasteiger partial charge is 0.492 e. The number of fused-ring (bicyclic) bond motifs is 1. The molecule has 2 atom stereocenters. The molecule has 6 nitrogen and oxygen atoms in total. The molecule has 130 valence electrons. The van der Waals surface area contributed by atoms with E-state index in [0.717, 1.165) is 5.56 Å². The van der Waals surface area contributed by atoms with Crippen molar-refractivity contribution < 1.29 is 28.9 Å². The van der Waals surface area contributed by atoms with Gasteiger partial charge in [0.05, 0.1) is 12.7 Å². The molecule has 0 saturated heterocycles. The van der Waals surface area contributed by atoms with E-state index in [4.69, 9.17) is 14.2 Å². The van der Waals surface area contributed by atoms with Crippen LogP contribution in [0.2, 0.25) is 0 Å². The van der Waals surface area contributed by atoms with E-state index in [-0.39, 0.29) is 12.5 Å². The molecule has 0 amide bonds. The maximum atomic E-state index is 11.1. The highest BCUT2D eigenvalue weighted by molar-refractivity contribution is 5.70. The fourth-order valence-corrected chi connectivity index (χ4v) is 2.85. The van der Waals surface area contributed by atoms with E-state index in [9.17, 15) is 14.7 Å². The fourth-order valence-electron chi connectivity index (χ4n) is 2.85. The summed E-state index contributed by atoms with van der Waals surface area (Å²) in [4.78, 5) is 22.1. The van der Waals surface area contributed by atoms with Crippen molar-refractivity contribution in [2.75, 3.05) is 6.61 Å². The van der Waals surface area contributed by atoms with Gasteiger partial charge in [0, 0.05) is 31.4 Å². The van der Waals surface area contributed by atoms with Crippen molar-refractivity contribution in [1.29, 1.82) is 0 Å². The lowest BCUT2D eigenvalue weighted by molar-refractivity contribution is -0.132. The summed E-state index contributed by atoms with van der Waals surface area (Å²) in [5.74, 6) is 0.153. The van der Waals surface area contributed by atoms with Gasteiger partial charge in [-0.1, -0.05) is 12.1 Å². The van der Waals surface area contributed by atoms with Gasteiger partial charge in [0.2, 0.25) is 0 Å². The van der Waals surface area contributed by atoms with E-state index in [1.165, 1.54) is 13.8 Å². The Morgan fingerprint density at radius 2 is 1.72 bits per heavy atom. The number of rotatable bonds is 3. The number of esters is 2. The molecular weight excluding hydrogens is 324 g/mol. The first-order valence-corrected chi connectivity index (χ1v) is 7.85. The molecule has 1 aliphatic rings. The van der Waals surface area contributed by atoms with Crippen molar-refractivity contribution in [3.05, 3.63) is 53.6 Å². The fraction of sp³-hybridized carbons (Fsp3) is 0.263. The van der Waals surface area contributed by atoms with E-state index in [1.54, 1.807) is 36.4 Å². The second-order valence-electron chi connectivity index (χ2n) is 5.82. The highest BCUT2D eigenvalue weighted by atomic mass is 16.5. The van der Waals surface area contributed by atoms with Crippen LogP contribution in [-0.4, -0.2) is 23.7 Å². The van der Waals surface area contributed by atoms with Crippen molar-refractivity contribution >= 4 is 11.9 Å². The molecule has 0 spiro atoms.